The first kappa shape index (κ1) is 22.2. The summed E-state index contributed by atoms with van der Waals surface area (Å²) in [5.74, 6) is -5.52. The molecule has 0 saturated heterocycles. The van der Waals surface area contributed by atoms with Gasteiger partial charge < -0.3 is 9.84 Å². The first-order chi connectivity index (χ1) is 14.8. The van der Waals surface area contributed by atoms with Crippen LogP contribution in [-0.4, -0.2) is 47.8 Å². The molecule has 1 aromatic rings. The lowest BCUT2D eigenvalue weighted by Crippen LogP contribution is -2.42. The lowest BCUT2D eigenvalue weighted by atomic mass is 9.90. The number of amides is 3. The van der Waals surface area contributed by atoms with Crippen LogP contribution in [0, 0.1) is 17.1 Å². The van der Waals surface area contributed by atoms with E-state index in [0.29, 0.717) is 17.7 Å². The Hall–Kier alpha value is -3.45. The van der Waals surface area contributed by atoms with E-state index in [0.717, 1.165) is 17.0 Å². The molecule has 3 amide bonds. The van der Waals surface area contributed by atoms with E-state index in [4.69, 9.17) is 21.6 Å². The second kappa shape index (κ2) is 9.14. The second-order valence-corrected chi connectivity index (χ2v) is 7.10. The molecule has 0 fully saturated rings. The van der Waals surface area contributed by atoms with Crippen molar-refractivity contribution in [3.05, 3.63) is 29.1 Å². The topological polar surface area (TPSA) is 128 Å². The molecule has 3 rings (SSSR count). The van der Waals surface area contributed by atoms with Gasteiger partial charge in [0.1, 0.15) is 18.2 Å². The summed E-state index contributed by atoms with van der Waals surface area (Å²) in [6.07, 6.45) is 1.36. The van der Waals surface area contributed by atoms with Crippen molar-refractivity contribution >= 4 is 46.7 Å². The minimum absolute atomic E-state index is 0.00505. The number of imide groups is 1. The number of nitriles is 1. The number of carbonyl (C=O) groups is 4. The Bertz CT molecular complexity index is 1050. The van der Waals surface area contributed by atoms with Gasteiger partial charge in [0.25, 0.3) is 11.8 Å². The molecule has 0 saturated carbocycles. The summed E-state index contributed by atoms with van der Waals surface area (Å²) in [5, 5.41) is 18.4. The molecule has 0 radical (unpaired) electrons. The maximum absolute atomic E-state index is 14.9. The van der Waals surface area contributed by atoms with Gasteiger partial charge in [-0.25, -0.2) is 14.1 Å². The van der Waals surface area contributed by atoms with Gasteiger partial charge in [-0.05, 0) is 31.7 Å². The zero-order valence-corrected chi connectivity index (χ0v) is 16.9. The van der Waals surface area contributed by atoms with Gasteiger partial charge >= 0.3 is 5.97 Å². The molecule has 11 heteroatoms. The number of anilines is 2. The fraction of sp³-hybridized carbons (Fsp3) is 0.350. The van der Waals surface area contributed by atoms with Crippen molar-refractivity contribution in [1.29, 1.82) is 5.26 Å². The molecular formula is C20H17ClFN3O6. The summed E-state index contributed by atoms with van der Waals surface area (Å²) in [4.78, 5) is 50.9. The molecular weight excluding hydrogens is 433 g/mol. The van der Waals surface area contributed by atoms with E-state index < -0.39 is 47.7 Å². The smallest absolute Gasteiger partial charge is 0.332 e. The minimum Gasteiger partial charge on any atom is -0.481 e. The third-order valence-electron chi connectivity index (χ3n) is 4.99. The Balaban J connectivity index is 2.15. The maximum Gasteiger partial charge on any atom is 0.332 e. The van der Waals surface area contributed by atoms with Crippen LogP contribution in [-0.2, 0) is 19.2 Å². The van der Waals surface area contributed by atoms with Crippen LogP contribution in [0.3, 0.4) is 0 Å². The molecule has 0 bridgehead atoms. The van der Waals surface area contributed by atoms with Crippen LogP contribution in [0.1, 0.15) is 25.7 Å². The average molecular weight is 450 g/mol. The lowest BCUT2D eigenvalue weighted by Gasteiger charge is -2.30. The molecule has 0 unspecified atom stereocenters. The number of benzene rings is 1. The molecule has 1 heterocycles. The molecule has 9 nitrogen and oxygen atoms in total. The van der Waals surface area contributed by atoms with Gasteiger partial charge in [-0.2, -0.15) is 5.26 Å². The zero-order chi connectivity index (χ0) is 22.7. The highest BCUT2D eigenvalue weighted by Gasteiger charge is 2.35. The summed E-state index contributed by atoms with van der Waals surface area (Å²) >= 11 is 5.65. The molecule has 162 valence electrons. The summed E-state index contributed by atoms with van der Waals surface area (Å²) in [7, 11) is 0. The molecule has 0 aromatic heterocycles. The van der Waals surface area contributed by atoms with E-state index >= 15 is 0 Å². The van der Waals surface area contributed by atoms with Crippen molar-refractivity contribution in [3.8, 4) is 11.8 Å². The van der Waals surface area contributed by atoms with E-state index in [1.165, 1.54) is 0 Å². The number of ether oxygens (including phenoxy) is 1. The SMILES string of the molecule is N#CCN1C(=O)COc2cc(F)c(N(C(=O)CCl)C(=O)C3=C(C(=O)O)CCCC3)cc21. The predicted molar refractivity (Wildman–Crippen MR) is 106 cm³/mol. The van der Waals surface area contributed by atoms with Crippen LogP contribution in [0.25, 0.3) is 0 Å². The number of fused-ring (bicyclic) bond motifs is 1. The molecule has 1 N–H and O–H groups in total. The van der Waals surface area contributed by atoms with Crippen LogP contribution < -0.4 is 14.5 Å². The number of hydrogen-bond acceptors (Lipinski definition) is 6. The number of aliphatic carboxylic acids is 1. The monoisotopic (exact) mass is 449 g/mol. The number of hydrogen-bond donors (Lipinski definition) is 1. The van der Waals surface area contributed by atoms with Crippen LogP contribution in [0.15, 0.2) is 23.3 Å². The molecule has 1 aliphatic carbocycles. The molecule has 0 atom stereocenters. The van der Waals surface area contributed by atoms with Crippen LogP contribution in [0.2, 0.25) is 0 Å². The number of nitrogens with zero attached hydrogens (tertiary/aromatic N) is 3. The highest BCUT2D eigenvalue weighted by atomic mass is 35.5. The van der Waals surface area contributed by atoms with Gasteiger partial charge in [0.15, 0.2) is 12.4 Å². The van der Waals surface area contributed by atoms with Gasteiger partial charge in [0, 0.05) is 17.2 Å². The van der Waals surface area contributed by atoms with Crippen LogP contribution in [0.5, 0.6) is 5.75 Å². The predicted octanol–water partition coefficient (Wildman–Crippen LogP) is 2.13. The summed E-state index contributed by atoms with van der Waals surface area (Å²) in [6, 6.07) is 3.76. The lowest BCUT2D eigenvalue weighted by molar-refractivity contribution is -0.133. The Labute approximate surface area is 181 Å². The fourth-order valence-electron chi connectivity index (χ4n) is 3.56. The van der Waals surface area contributed by atoms with E-state index in [-0.39, 0.29) is 42.0 Å². The largest absolute Gasteiger partial charge is 0.481 e. The molecule has 2 aliphatic rings. The summed E-state index contributed by atoms with van der Waals surface area (Å²) < 4.78 is 20.1. The highest BCUT2D eigenvalue weighted by Crippen LogP contribution is 2.39. The maximum atomic E-state index is 14.9. The van der Waals surface area contributed by atoms with Gasteiger partial charge in [-0.15, -0.1) is 11.6 Å². The third kappa shape index (κ3) is 4.22. The number of alkyl halides is 1. The Morgan fingerprint density at radius 2 is 1.94 bits per heavy atom. The average Bonchev–Trinajstić information content (AvgIpc) is 2.76. The zero-order valence-electron chi connectivity index (χ0n) is 16.2. The third-order valence-corrected chi connectivity index (χ3v) is 5.22. The van der Waals surface area contributed by atoms with Crippen molar-refractivity contribution in [2.45, 2.75) is 25.7 Å². The number of carboxylic acids is 1. The molecule has 31 heavy (non-hydrogen) atoms. The molecule has 1 aliphatic heterocycles. The standard InChI is InChI=1S/C20H17ClFN3O6/c21-9-17(26)25(19(28)11-3-1-2-4-12(11)20(29)30)14-8-15-16(7-13(14)22)31-10-18(27)24(15)6-5-23/h7-8H,1-4,6,9-10H2,(H,29,30). The van der Waals surface area contributed by atoms with Crippen molar-refractivity contribution in [3.63, 3.8) is 0 Å². The van der Waals surface area contributed by atoms with Gasteiger partial charge in [-0.3, -0.25) is 19.3 Å². The van der Waals surface area contributed by atoms with Crippen molar-refractivity contribution in [1.82, 2.24) is 0 Å². The minimum atomic E-state index is -1.29. The van der Waals surface area contributed by atoms with E-state index in [1.807, 2.05) is 6.07 Å². The Morgan fingerprint density at radius 1 is 1.26 bits per heavy atom. The van der Waals surface area contributed by atoms with Crippen LogP contribution >= 0.6 is 11.6 Å². The first-order valence-electron chi connectivity index (χ1n) is 9.32. The number of carboxylic acid groups (broad SMARTS) is 1. The van der Waals surface area contributed by atoms with E-state index in [2.05, 4.69) is 0 Å². The normalized spacial score (nSPS) is 15.6. The van der Waals surface area contributed by atoms with Crippen molar-refractivity contribution in [2.75, 3.05) is 28.8 Å². The Kier molecular flexibility index (Phi) is 6.56. The van der Waals surface area contributed by atoms with E-state index in [9.17, 15) is 28.7 Å². The summed E-state index contributed by atoms with van der Waals surface area (Å²) in [5.41, 5.74) is -0.744. The van der Waals surface area contributed by atoms with Gasteiger partial charge in [0.2, 0.25) is 5.91 Å². The van der Waals surface area contributed by atoms with Gasteiger partial charge in [0.05, 0.1) is 17.4 Å². The molecule has 0 spiro atoms. The van der Waals surface area contributed by atoms with Crippen molar-refractivity contribution < 1.29 is 33.4 Å². The number of halogens is 2. The number of carbonyl (C=O) groups excluding carboxylic acids is 3. The number of rotatable bonds is 5. The summed E-state index contributed by atoms with van der Waals surface area (Å²) in [6.45, 7) is -0.752. The Morgan fingerprint density at radius 3 is 2.55 bits per heavy atom. The first-order valence-corrected chi connectivity index (χ1v) is 9.85. The fourth-order valence-corrected chi connectivity index (χ4v) is 3.67. The van der Waals surface area contributed by atoms with Gasteiger partial charge in [-0.1, -0.05) is 0 Å². The second-order valence-electron chi connectivity index (χ2n) is 6.84. The highest BCUT2D eigenvalue weighted by molar-refractivity contribution is 6.34. The molecule has 1 aromatic carbocycles. The van der Waals surface area contributed by atoms with E-state index in [1.54, 1.807) is 0 Å². The quantitative estimate of drug-likeness (QED) is 0.538. The van der Waals surface area contributed by atoms with Crippen LogP contribution in [0.4, 0.5) is 15.8 Å². The van der Waals surface area contributed by atoms with Crippen molar-refractivity contribution in [2.24, 2.45) is 0 Å².